The fourth-order valence-electron chi connectivity index (χ4n) is 0.681. The Bertz CT molecular complexity index is 273. The Morgan fingerprint density at radius 3 is 2.47 bits per heavy atom. The standard InChI is InChI=1S/C11H17IO2Si/c1-5-7-13-11(2)14-8-6-9-15(3,4)10-12/h1,11H,7-8,10H2,2-4H3. The van der Waals surface area contributed by atoms with Gasteiger partial charge < -0.3 is 9.47 Å². The molecule has 0 heterocycles. The molecule has 0 rings (SSSR count). The van der Waals surface area contributed by atoms with Crippen molar-refractivity contribution in [3.05, 3.63) is 0 Å². The fraction of sp³-hybridized carbons (Fsp3) is 0.636. The maximum absolute atomic E-state index is 5.31. The van der Waals surface area contributed by atoms with Crippen molar-refractivity contribution in [2.24, 2.45) is 0 Å². The molecule has 15 heavy (non-hydrogen) atoms. The predicted octanol–water partition coefficient (Wildman–Crippen LogP) is 2.22. The minimum atomic E-state index is -1.30. The van der Waals surface area contributed by atoms with Gasteiger partial charge in [0.2, 0.25) is 0 Å². The largest absolute Gasteiger partial charge is 0.340 e. The SMILES string of the molecule is C#CCOC(C)OCC#C[Si](C)(C)CI. The van der Waals surface area contributed by atoms with Crippen LogP contribution in [0.15, 0.2) is 0 Å². The molecule has 1 atom stereocenters. The van der Waals surface area contributed by atoms with E-state index in [1.165, 1.54) is 0 Å². The van der Waals surface area contributed by atoms with E-state index in [4.69, 9.17) is 15.9 Å². The summed E-state index contributed by atoms with van der Waals surface area (Å²) in [6.07, 6.45) is 4.77. The average Bonchev–Trinajstić information content (AvgIpc) is 2.21. The molecule has 2 nitrogen and oxygen atoms in total. The smallest absolute Gasteiger partial charge is 0.157 e. The summed E-state index contributed by atoms with van der Waals surface area (Å²) in [6, 6.07) is 0. The molecule has 0 aromatic rings. The van der Waals surface area contributed by atoms with E-state index in [9.17, 15) is 0 Å². The fourth-order valence-corrected chi connectivity index (χ4v) is 1.87. The van der Waals surface area contributed by atoms with Crippen molar-refractivity contribution in [3.8, 4) is 23.8 Å². The molecule has 84 valence electrons. The molecule has 0 aromatic carbocycles. The highest BCUT2D eigenvalue weighted by Gasteiger charge is 2.14. The Kier molecular flexibility index (Phi) is 8.17. The van der Waals surface area contributed by atoms with Gasteiger partial charge in [-0.25, -0.2) is 0 Å². The van der Waals surface area contributed by atoms with Crippen LogP contribution in [0.1, 0.15) is 6.92 Å². The van der Waals surface area contributed by atoms with Crippen molar-refractivity contribution in [3.63, 3.8) is 0 Å². The normalized spacial score (nSPS) is 12.5. The second kappa shape index (κ2) is 8.18. The van der Waals surface area contributed by atoms with Crippen LogP contribution >= 0.6 is 22.6 Å². The van der Waals surface area contributed by atoms with Crippen molar-refractivity contribution in [2.75, 3.05) is 17.3 Å². The molecule has 4 heteroatoms. The lowest BCUT2D eigenvalue weighted by Crippen LogP contribution is -2.26. The van der Waals surface area contributed by atoms with Crippen molar-refractivity contribution in [1.82, 2.24) is 0 Å². The lowest BCUT2D eigenvalue weighted by molar-refractivity contribution is -0.110. The van der Waals surface area contributed by atoms with E-state index >= 15 is 0 Å². The lowest BCUT2D eigenvalue weighted by Gasteiger charge is -2.11. The third-order valence-electron chi connectivity index (χ3n) is 1.55. The first-order valence-corrected chi connectivity index (χ1v) is 9.48. The van der Waals surface area contributed by atoms with Crippen molar-refractivity contribution < 1.29 is 9.47 Å². The molecule has 0 aliphatic carbocycles. The number of hydrogen-bond acceptors (Lipinski definition) is 2. The van der Waals surface area contributed by atoms with E-state index in [-0.39, 0.29) is 12.9 Å². The predicted molar refractivity (Wildman–Crippen MR) is 74.3 cm³/mol. The van der Waals surface area contributed by atoms with E-state index in [1.807, 2.05) is 6.92 Å². The highest BCUT2D eigenvalue weighted by Crippen LogP contribution is 2.03. The van der Waals surface area contributed by atoms with Gasteiger partial charge in [0.05, 0.1) is 0 Å². The molecule has 0 N–H and O–H groups in total. The van der Waals surface area contributed by atoms with Gasteiger partial charge in [0.1, 0.15) is 21.3 Å². The summed E-state index contributed by atoms with van der Waals surface area (Å²) in [6.45, 7) is 7.00. The van der Waals surface area contributed by atoms with Gasteiger partial charge in [-0.05, 0) is 6.92 Å². The summed E-state index contributed by atoms with van der Waals surface area (Å²) in [5, 5.41) is 0. The van der Waals surface area contributed by atoms with Crippen molar-refractivity contribution in [1.29, 1.82) is 0 Å². The van der Waals surface area contributed by atoms with Gasteiger partial charge in [-0.15, -0.1) is 12.0 Å². The Balaban J connectivity index is 3.74. The van der Waals surface area contributed by atoms with E-state index < -0.39 is 8.07 Å². The van der Waals surface area contributed by atoms with Crippen LogP contribution in [-0.2, 0) is 9.47 Å². The van der Waals surface area contributed by atoms with Crippen molar-refractivity contribution >= 4 is 30.7 Å². The van der Waals surface area contributed by atoms with Gasteiger partial charge in [-0.2, -0.15) is 0 Å². The maximum Gasteiger partial charge on any atom is 0.157 e. The molecule has 0 amide bonds. The van der Waals surface area contributed by atoms with Gasteiger partial charge in [0.15, 0.2) is 6.29 Å². The summed E-state index contributed by atoms with van der Waals surface area (Å²) in [5.74, 6) is 5.43. The first-order valence-electron chi connectivity index (χ1n) is 4.74. The Morgan fingerprint density at radius 1 is 1.33 bits per heavy atom. The quantitative estimate of drug-likeness (QED) is 0.252. The summed E-state index contributed by atoms with van der Waals surface area (Å²) in [4.78, 5) is 0. The average molecular weight is 336 g/mol. The number of alkyl halides is 1. The van der Waals surface area contributed by atoms with Crippen molar-refractivity contribution in [2.45, 2.75) is 26.3 Å². The minimum Gasteiger partial charge on any atom is -0.340 e. The molecule has 0 radical (unpaired) electrons. The molecular weight excluding hydrogens is 319 g/mol. The summed E-state index contributed by atoms with van der Waals surface area (Å²) in [7, 11) is -1.30. The highest BCUT2D eigenvalue weighted by atomic mass is 127. The molecule has 0 bridgehead atoms. The second-order valence-corrected chi connectivity index (χ2v) is 10.3. The Labute approximate surface area is 107 Å². The third-order valence-corrected chi connectivity index (χ3v) is 8.80. The first kappa shape index (κ1) is 15.0. The van der Waals surface area contributed by atoms with E-state index in [2.05, 4.69) is 53.1 Å². The monoisotopic (exact) mass is 336 g/mol. The summed E-state index contributed by atoms with van der Waals surface area (Å²) in [5.41, 5.74) is 3.28. The molecule has 0 aromatic heterocycles. The van der Waals surface area contributed by atoms with Crippen LogP contribution in [0.5, 0.6) is 0 Å². The van der Waals surface area contributed by atoms with Gasteiger partial charge in [-0.3, -0.25) is 0 Å². The number of hydrogen-bond donors (Lipinski definition) is 0. The Morgan fingerprint density at radius 2 is 1.93 bits per heavy atom. The second-order valence-electron chi connectivity index (χ2n) is 3.71. The van der Waals surface area contributed by atoms with Crippen LogP contribution < -0.4 is 0 Å². The lowest BCUT2D eigenvalue weighted by atomic mass is 10.6. The molecule has 0 spiro atoms. The first-order chi connectivity index (χ1) is 7.02. The zero-order valence-electron chi connectivity index (χ0n) is 9.47. The van der Waals surface area contributed by atoms with Crippen LogP contribution in [0, 0.1) is 23.8 Å². The zero-order chi connectivity index (χ0) is 11.7. The van der Waals surface area contributed by atoms with E-state index in [0.29, 0.717) is 6.61 Å². The van der Waals surface area contributed by atoms with Gasteiger partial charge in [-0.1, -0.05) is 47.5 Å². The number of rotatable bonds is 5. The van der Waals surface area contributed by atoms with Crippen LogP contribution in [-0.4, -0.2) is 31.6 Å². The van der Waals surface area contributed by atoms with Gasteiger partial charge >= 0.3 is 0 Å². The molecular formula is C11H17IO2Si. The zero-order valence-corrected chi connectivity index (χ0v) is 12.6. The molecule has 0 aliphatic rings. The summed E-state index contributed by atoms with van der Waals surface area (Å²) >= 11 is 2.39. The van der Waals surface area contributed by atoms with Crippen LogP contribution in [0.4, 0.5) is 0 Å². The van der Waals surface area contributed by atoms with Crippen LogP contribution in [0.2, 0.25) is 13.1 Å². The highest BCUT2D eigenvalue weighted by molar-refractivity contribution is 14.1. The summed E-state index contributed by atoms with van der Waals surface area (Å²) < 4.78 is 11.6. The molecule has 1 unspecified atom stereocenters. The molecule has 0 aliphatic heterocycles. The maximum atomic E-state index is 5.31. The molecule has 0 fully saturated rings. The number of ether oxygens (including phenoxy) is 2. The molecule has 0 saturated carbocycles. The van der Waals surface area contributed by atoms with Gasteiger partial charge in [0.25, 0.3) is 0 Å². The minimum absolute atomic E-state index is 0.278. The van der Waals surface area contributed by atoms with Crippen LogP contribution in [0.3, 0.4) is 0 Å². The number of terminal acetylenes is 1. The molecule has 0 saturated heterocycles. The van der Waals surface area contributed by atoms with E-state index in [1.54, 1.807) is 0 Å². The van der Waals surface area contributed by atoms with Gasteiger partial charge in [0, 0.05) is 4.05 Å². The van der Waals surface area contributed by atoms with E-state index in [0.717, 1.165) is 4.05 Å². The van der Waals surface area contributed by atoms with Crippen LogP contribution in [0.25, 0.3) is 0 Å². The number of halogens is 1. The third kappa shape index (κ3) is 8.95. The topological polar surface area (TPSA) is 18.5 Å². The Hall–Kier alpha value is -0.0131.